The van der Waals surface area contributed by atoms with E-state index in [2.05, 4.69) is 58.1 Å². The highest BCUT2D eigenvalue weighted by molar-refractivity contribution is 5.37. The Morgan fingerprint density at radius 1 is 1.25 bits per heavy atom. The zero-order valence-corrected chi connectivity index (χ0v) is 14.0. The van der Waals surface area contributed by atoms with Gasteiger partial charge in [0.2, 0.25) is 0 Å². The fraction of sp³-hybridized carbons (Fsp3) is 0.667. The van der Waals surface area contributed by atoms with Gasteiger partial charge in [0.1, 0.15) is 5.75 Å². The molecule has 114 valence electrons. The van der Waals surface area contributed by atoms with Crippen LogP contribution in [0.25, 0.3) is 0 Å². The van der Waals surface area contributed by atoms with Gasteiger partial charge in [0, 0.05) is 6.04 Å². The average Bonchev–Trinajstić information content (AvgIpc) is 2.37. The van der Waals surface area contributed by atoms with Crippen molar-refractivity contribution in [3.8, 4) is 5.75 Å². The Morgan fingerprint density at radius 2 is 1.95 bits per heavy atom. The highest BCUT2D eigenvalue weighted by Crippen LogP contribution is 2.26. The van der Waals surface area contributed by atoms with Gasteiger partial charge < -0.3 is 10.1 Å². The van der Waals surface area contributed by atoms with Crippen molar-refractivity contribution in [1.29, 1.82) is 0 Å². The fourth-order valence-electron chi connectivity index (χ4n) is 2.56. The monoisotopic (exact) mass is 277 g/mol. The predicted molar refractivity (Wildman–Crippen MR) is 87.6 cm³/mol. The van der Waals surface area contributed by atoms with E-state index in [0.717, 1.165) is 25.1 Å². The zero-order valence-electron chi connectivity index (χ0n) is 14.0. The number of hydrogen-bond acceptors (Lipinski definition) is 2. The molecule has 0 aliphatic heterocycles. The van der Waals surface area contributed by atoms with Crippen molar-refractivity contribution in [2.24, 2.45) is 5.41 Å². The minimum absolute atomic E-state index is 0.284. The summed E-state index contributed by atoms with van der Waals surface area (Å²) in [6, 6.07) is 6.97. The maximum Gasteiger partial charge on any atom is 0.122 e. The largest absolute Gasteiger partial charge is 0.496 e. The number of nitrogens with one attached hydrogen (secondary N) is 1. The van der Waals surface area contributed by atoms with Crippen LogP contribution in [0.4, 0.5) is 0 Å². The van der Waals surface area contributed by atoms with Crippen LogP contribution in [-0.4, -0.2) is 19.7 Å². The second kappa shape index (κ2) is 7.68. The average molecular weight is 277 g/mol. The van der Waals surface area contributed by atoms with Gasteiger partial charge in [-0.3, -0.25) is 0 Å². The van der Waals surface area contributed by atoms with Gasteiger partial charge in [-0.2, -0.15) is 0 Å². The lowest BCUT2D eigenvalue weighted by Crippen LogP contribution is -2.41. The Bertz CT molecular complexity index is 406. The predicted octanol–water partition coefficient (Wildman–Crippen LogP) is 4.35. The second-order valence-electron chi connectivity index (χ2n) is 6.73. The van der Waals surface area contributed by atoms with E-state index < -0.39 is 0 Å². The molecule has 2 heteroatoms. The molecule has 1 aromatic carbocycles. The van der Waals surface area contributed by atoms with Crippen molar-refractivity contribution in [3.63, 3.8) is 0 Å². The van der Waals surface area contributed by atoms with Gasteiger partial charge in [-0.25, -0.2) is 0 Å². The molecule has 0 saturated carbocycles. The van der Waals surface area contributed by atoms with Gasteiger partial charge in [0.05, 0.1) is 7.11 Å². The third kappa shape index (κ3) is 5.16. The lowest BCUT2D eigenvalue weighted by atomic mass is 9.83. The van der Waals surface area contributed by atoms with E-state index in [9.17, 15) is 0 Å². The molecule has 0 saturated heterocycles. The highest BCUT2D eigenvalue weighted by atomic mass is 16.5. The van der Waals surface area contributed by atoms with E-state index >= 15 is 0 Å². The fourth-order valence-corrected chi connectivity index (χ4v) is 2.56. The van der Waals surface area contributed by atoms with Gasteiger partial charge in [0.15, 0.2) is 0 Å². The molecule has 1 atom stereocenters. The highest BCUT2D eigenvalue weighted by Gasteiger charge is 2.23. The zero-order chi connectivity index (χ0) is 15.2. The molecule has 0 bridgehead atoms. The van der Waals surface area contributed by atoms with Crippen molar-refractivity contribution in [3.05, 3.63) is 29.3 Å². The summed E-state index contributed by atoms with van der Waals surface area (Å²) in [7, 11) is 1.75. The van der Waals surface area contributed by atoms with E-state index in [-0.39, 0.29) is 5.41 Å². The summed E-state index contributed by atoms with van der Waals surface area (Å²) in [6.45, 7) is 12.4. The molecule has 0 spiro atoms. The quantitative estimate of drug-likeness (QED) is 0.800. The topological polar surface area (TPSA) is 21.3 Å². The Morgan fingerprint density at radius 3 is 2.50 bits per heavy atom. The normalized spacial score (nSPS) is 13.3. The third-order valence-corrected chi connectivity index (χ3v) is 3.82. The van der Waals surface area contributed by atoms with Crippen LogP contribution in [0.3, 0.4) is 0 Å². The number of rotatable bonds is 7. The second-order valence-corrected chi connectivity index (χ2v) is 6.73. The maximum absolute atomic E-state index is 5.48. The van der Waals surface area contributed by atoms with E-state index in [1.165, 1.54) is 17.5 Å². The molecular weight excluding hydrogens is 246 g/mol. The van der Waals surface area contributed by atoms with Crippen molar-refractivity contribution >= 4 is 0 Å². The van der Waals surface area contributed by atoms with E-state index in [4.69, 9.17) is 4.74 Å². The minimum atomic E-state index is 0.284. The van der Waals surface area contributed by atoms with Crippen LogP contribution in [0.1, 0.15) is 51.7 Å². The number of aryl methyl sites for hydroxylation is 2. The summed E-state index contributed by atoms with van der Waals surface area (Å²) >= 11 is 0. The number of ether oxygens (including phenoxy) is 1. The molecule has 1 unspecified atom stereocenters. The van der Waals surface area contributed by atoms with Crippen LogP contribution >= 0.6 is 0 Å². The molecule has 0 aliphatic rings. The molecule has 0 fully saturated rings. The Kier molecular flexibility index (Phi) is 6.54. The van der Waals surface area contributed by atoms with E-state index in [1.54, 1.807) is 7.11 Å². The first kappa shape index (κ1) is 17.0. The molecule has 2 nitrogen and oxygen atoms in total. The summed E-state index contributed by atoms with van der Waals surface area (Å²) in [6.07, 6.45) is 3.38. The van der Waals surface area contributed by atoms with Gasteiger partial charge in [-0.1, -0.05) is 45.4 Å². The van der Waals surface area contributed by atoms with Crippen LogP contribution in [0.2, 0.25) is 0 Å². The number of hydrogen-bond donors (Lipinski definition) is 1. The number of benzene rings is 1. The van der Waals surface area contributed by atoms with Gasteiger partial charge in [0.25, 0.3) is 0 Å². The van der Waals surface area contributed by atoms with Crippen LogP contribution in [0.15, 0.2) is 18.2 Å². The van der Waals surface area contributed by atoms with Gasteiger partial charge in [-0.05, 0) is 49.8 Å². The first-order chi connectivity index (χ1) is 9.38. The van der Waals surface area contributed by atoms with Crippen LogP contribution in [0, 0.1) is 12.3 Å². The molecular formula is C18H31NO. The smallest absolute Gasteiger partial charge is 0.122 e. The Hall–Kier alpha value is -1.02. The van der Waals surface area contributed by atoms with Crippen molar-refractivity contribution < 1.29 is 4.74 Å². The van der Waals surface area contributed by atoms with Gasteiger partial charge >= 0.3 is 0 Å². The molecule has 0 radical (unpaired) electrons. The molecule has 0 aromatic heterocycles. The van der Waals surface area contributed by atoms with Crippen LogP contribution < -0.4 is 10.1 Å². The van der Waals surface area contributed by atoms with Crippen LogP contribution in [-0.2, 0) is 6.42 Å². The summed E-state index contributed by atoms with van der Waals surface area (Å²) < 4.78 is 5.48. The SMILES string of the molecule is CCCNC(CCc1cc(C)ccc1OC)C(C)(C)C. The molecule has 20 heavy (non-hydrogen) atoms. The molecule has 0 aliphatic carbocycles. The van der Waals surface area contributed by atoms with Crippen molar-refractivity contribution in [2.75, 3.05) is 13.7 Å². The Balaban J connectivity index is 2.74. The van der Waals surface area contributed by atoms with Gasteiger partial charge in [-0.15, -0.1) is 0 Å². The Labute approximate surface area is 124 Å². The molecule has 0 heterocycles. The lowest BCUT2D eigenvalue weighted by molar-refractivity contribution is 0.254. The lowest BCUT2D eigenvalue weighted by Gasteiger charge is -2.32. The molecule has 1 aromatic rings. The summed E-state index contributed by atoms with van der Waals surface area (Å²) in [5.74, 6) is 1.01. The standard InChI is InChI=1S/C18H31NO/c1-7-12-19-17(18(3,4)5)11-9-15-13-14(2)8-10-16(15)20-6/h8,10,13,17,19H,7,9,11-12H2,1-6H3. The van der Waals surface area contributed by atoms with Crippen LogP contribution in [0.5, 0.6) is 5.75 Å². The molecule has 1 rings (SSSR count). The number of methoxy groups -OCH3 is 1. The van der Waals surface area contributed by atoms with E-state index in [0.29, 0.717) is 6.04 Å². The van der Waals surface area contributed by atoms with E-state index in [1.807, 2.05) is 0 Å². The van der Waals surface area contributed by atoms with Crippen molar-refractivity contribution in [2.45, 2.75) is 59.9 Å². The summed E-state index contributed by atoms with van der Waals surface area (Å²) in [5, 5.41) is 3.69. The maximum atomic E-state index is 5.48. The molecule has 1 N–H and O–H groups in total. The minimum Gasteiger partial charge on any atom is -0.496 e. The van der Waals surface area contributed by atoms with Crippen molar-refractivity contribution in [1.82, 2.24) is 5.32 Å². The molecule has 0 amide bonds. The summed E-state index contributed by atoms with van der Waals surface area (Å²) in [4.78, 5) is 0. The summed E-state index contributed by atoms with van der Waals surface area (Å²) in [5.41, 5.74) is 2.90. The third-order valence-electron chi connectivity index (χ3n) is 3.82. The first-order valence-corrected chi connectivity index (χ1v) is 7.75. The first-order valence-electron chi connectivity index (χ1n) is 7.75.